The van der Waals surface area contributed by atoms with Crippen molar-refractivity contribution in [3.8, 4) is 11.5 Å². The van der Waals surface area contributed by atoms with Crippen LogP contribution in [-0.2, 0) is 26.1 Å². The van der Waals surface area contributed by atoms with E-state index in [-0.39, 0.29) is 6.79 Å². The zero-order valence-electron chi connectivity index (χ0n) is 14.7. The van der Waals surface area contributed by atoms with Gasteiger partial charge in [0.25, 0.3) is 0 Å². The number of aromatic nitrogens is 4. The molecule has 26 heavy (non-hydrogen) atoms. The topological polar surface area (TPSA) is 76.2 Å². The molecule has 0 fully saturated rings. The first kappa shape index (κ1) is 16.5. The van der Waals surface area contributed by atoms with Crippen LogP contribution in [0.2, 0.25) is 0 Å². The summed E-state index contributed by atoms with van der Waals surface area (Å²) in [6, 6.07) is 10.1. The maximum Gasteiger partial charge on any atom is 0.231 e. The number of nitrogens with one attached hydrogen (secondary N) is 1. The molecule has 0 saturated carbocycles. The van der Waals surface area contributed by atoms with Crippen LogP contribution in [0.4, 0.5) is 0 Å². The van der Waals surface area contributed by atoms with E-state index in [2.05, 4.69) is 37.2 Å². The summed E-state index contributed by atoms with van der Waals surface area (Å²) in [6.45, 7) is 4.54. The number of hydrogen-bond donors (Lipinski definition) is 1. The summed E-state index contributed by atoms with van der Waals surface area (Å²) in [6.07, 6.45) is 4.50. The molecule has 0 atom stereocenters. The normalized spacial score (nSPS) is 12.7. The van der Waals surface area contributed by atoms with Crippen LogP contribution in [0.5, 0.6) is 11.5 Å². The minimum atomic E-state index is 0.288. The van der Waals surface area contributed by atoms with Crippen molar-refractivity contribution in [3.05, 3.63) is 65.5 Å². The summed E-state index contributed by atoms with van der Waals surface area (Å²) in [5.41, 5.74) is 2.32. The lowest BCUT2D eigenvalue weighted by molar-refractivity contribution is 0.174. The Morgan fingerprint density at radius 2 is 1.96 bits per heavy atom. The molecule has 0 saturated heterocycles. The van der Waals surface area contributed by atoms with Crippen LogP contribution in [0.3, 0.4) is 0 Å². The average molecular weight is 351 g/mol. The predicted molar refractivity (Wildman–Crippen MR) is 95.5 cm³/mol. The minimum absolute atomic E-state index is 0.288. The second-order valence-corrected chi connectivity index (χ2v) is 6.25. The Labute approximate surface area is 152 Å². The molecule has 0 spiro atoms. The van der Waals surface area contributed by atoms with E-state index in [1.807, 2.05) is 31.3 Å². The van der Waals surface area contributed by atoms with Gasteiger partial charge in [0.15, 0.2) is 11.5 Å². The minimum Gasteiger partial charge on any atom is -0.454 e. The monoisotopic (exact) mass is 351 g/mol. The summed E-state index contributed by atoms with van der Waals surface area (Å²) in [5.74, 6) is 3.31. The fraction of sp³-hybridized carbons (Fsp3) is 0.316. The van der Waals surface area contributed by atoms with Gasteiger partial charge in [-0.15, -0.1) is 0 Å². The first-order chi connectivity index (χ1) is 12.8. The van der Waals surface area contributed by atoms with Crippen LogP contribution in [0.15, 0.2) is 42.7 Å². The Hall–Kier alpha value is -2.93. The number of nitrogens with zero attached hydrogens (tertiary/aromatic N) is 4. The number of rotatable bonds is 7. The number of aryl methyl sites for hydroxylation is 1. The van der Waals surface area contributed by atoms with Gasteiger partial charge in [-0.3, -0.25) is 15.0 Å². The zero-order chi connectivity index (χ0) is 17.8. The highest BCUT2D eigenvalue weighted by Crippen LogP contribution is 2.33. The van der Waals surface area contributed by atoms with Gasteiger partial charge >= 0.3 is 0 Å². The van der Waals surface area contributed by atoms with E-state index in [0.29, 0.717) is 6.54 Å². The molecule has 7 heteroatoms. The van der Waals surface area contributed by atoms with Gasteiger partial charge in [0, 0.05) is 31.9 Å². The van der Waals surface area contributed by atoms with Crippen LogP contribution in [0.25, 0.3) is 0 Å². The third-order valence-corrected chi connectivity index (χ3v) is 4.24. The summed E-state index contributed by atoms with van der Waals surface area (Å²) >= 11 is 0. The van der Waals surface area contributed by atoms with Crippen LogP contribution in [0, 0.1) is 0 Å². The third-order valence-electron chi connectivity index (χ3n) is 4.24. The van der Waals surface area contributed by atoms with Crippen molar-refractivity contribution >= 4 is 0 Å². The molecular weight excluding hydrogens is 330 g/mol. The Bertz CT molecular complexity index is 865. The van der Waals surface area contributed by atoms with Crippen LogP contribution < -0.4 is 9.47 Å². The van der Waals surface area contributed by atoms with Crippen molar-refractivity contribution in [1.82, 2.24) is 25.1 Å². The lowest BCUT2D eigenvalue weighted by Crippen LogP contribution is -2.23. The molecular formula is C19H21N5O2. The lowest BCUT2D eigenvalue weighted by Gasteiger charge is -2.21. The van der Waals surface area contributed by atoms with E-state index in [9.17, 15) is 0 Å². The Morgan fingerprint density at radius 1 is 1.08 bits per heavy atom. The molecule has 134 valence electrons. The van der Waals surface area contributed by atoms with Gasteiger partial charge in [-0.25, -0.2) is 4.98 Å². The Morgan fingerprint density at radius 3 is 2.77 bits per heavy atom. The van der Waals surface area contributed by atoms with Crippen molar-refractivity contribution in [2.24, 2.45) is 0 Å². The second-order valence-electron chi connectivity index (χ2n) is 6.25. The van der Waals surface area contributed by atoms with Gasteiger partial charge < -0.3 is 9.47 Å². The molecule has 0 bridgehead atoms. The van der Waals surface area contributed by atoms with E-state index in [4.69, 9.17) is 9.47 Å². The molecule has 1 aromatic carbocycles. The standard InChI is InChI=1S/C19H21N5O2/c1-2-18-21-19(23-22-18)12-24(11-15-4-3-7-20-9-15)10-14-5-6-16-17(8-14)26-13-25-16/h3-9H,2,10-13H2,1H3,(H,21,22,23). The van der Waals surface area contributed by atoms with E-state index in [0.717, 1.165) is 53.8 Å². The van der Waals surface area contributed by atoms with Gasteiger partial charge in [-0.2, -0.15) is 5.10 Å². The molecule has 2 aromatic heterocycles. The van der Waals surface area contributed by atoms with Crippen LogP contribution >= 0.6 is 0 Å². The quantitative estimate of drug-likeness (QED) is 0.705. The number of benzene rings is 1. The molecule has 3 heterocycles. The summed E-state index contributed by atoms with van der Waals surface area (Å²) in [4.78, 5) is 11.1. The molecule has 0 amide bonds. The van der Waals surface area contributed by atoms with Crippen LogP contribution in [-0.4, -0.2) is 31.9 Å². The van der Waals surface area contributed by atoms with Gasteiger partial charge in [0.1, 0.15) is 11.6 Å². The van der Waals surface area contributed by atoms with E-state index < -0.39 is 0 Å². The van der Waals surface area contributed by atoms with Gasteiger partial charge in [0.05, 0.1) is 6.54 Å². The highest BCUT2D eigenvalue weighted by molar-refractivity contribution is 5.44. The van der Waals surface area contributed by atoms with E-state index >= 15 is 0 Å². The van der Waals surface area contributed by atoms with Crippen LogP contribution in [0.1, 0.15) is 29.7 Å². The zero-order valence-corrected chi connectivity index (χ0v) is 14.7. The fourth-order valence-corrected chi connectivity index (χ4v) is 2.99. The van der Waals surface area contributed by atoms with Crippen molar-refractivity contribution in [3.63, 3.8) is 0 Å². The van der Waals surface area contributed by atoms with Crippen molar-refractivity contribution in [2.45, 2.75) is 33.0 Å². The predicted octanol–water partition coefficient (Wildman–Crippen LogP) is 2.69. The number of fused-ring (bicyclic) bond motifs is 1. The molecule has 4 rings (SSSR count). The molecule has 1 aliphatic rings. The summed E-state index contributed by atoms with van der Waals surface area (Å²) < 4.78 is 10.9. The van der Waals surface area contributed by atoms with Crippen molar-refractivity contribution in [2.75, 3.05) is 6.79 Å². The fourth-order valence-electron chi connectivity index (χ4n) is 2.99. The highest BCUT2D eigenvalue weighted by Gasteiger charge is 2.16. The number of H-pyrrole nitrogens is 1. The summed E-state index contributed by atoms with van der Waals surface area (Å²) in [5, 5.41) is 7.27. The number of aromatic amines is 1. The van der Waals surface area contributed by atoms with Gasteiger partial charge in [-0.1, -0.05) is 19.1 Å². The Balaban J connectivity index is 1.53. The highest BCUT2D eigenvalue weighted by atomic mass is 16.7. The third kappa shape index (κ3) is 3.83. The maximum atomic E-state index is 5.50. The molecule has 0 aliphatic carbocycles. The first-order valence-electron chi connectivity index (χ1n) is 8.70. The van der Waals surface area contributed by atoms with Crippen molar-refractivity contribution < 1.29 is 9.47 Å². The second kappa shape index (κ2) is 7.53. The smallest absolute Gasteiger partial charge is 0.231 e. The van der Waals surface area contributed by atoms with E-state index in [1.165, 1.54) is 0 Å². The molecule has 7 nitrogen and oxygen atoms in total. The van der Waals surface area contributed by atoms with E-state index in [1.54, 1.807) is 6.20 Å². The van der Waals surface area contributed by atoms with Gasteiger partial charge in [-0.05, 0) is 29.3 Å². The maximum absolute atomic E-state index is 5.50. The number of hydrogen-bond acceptors (Lipinski definition) is 6. The molecule has 3 aromatic rings. The molecule has 1 N–H and O–H groups in total. The lowest BCUT2D eigenvalue weighted by atomic mass is 10.1. The molecule has 0 radical (unpaired) electrons. The summed E-state index contributed by atoms with van der Waals surface area (Å²) in [7, 11) is 0. The molecule has 0 unspecified atom stereocenters. The average Bonchev–Trinajstić information content (AvgIpc) is 3.31. The largest absolute Gasteiger partial charge is 0.454 e. The SMILES string of the molecule is CCc1n[nH]c(CN(Cc2cccnc2)Cc2ccc3c(c2)OCO3)n1. The Kier molecular flexibility index (Phi) is 4.79. The van der Waals surface area contributed by atoms with Gasteiger partial charge in [0.2, 0.25) is 6.79 Å². The number of ether oxygens (including phenoxy) is 2. The van der Waals surface area contributed by atoms with Crippen molar-refractivity contribution in [1.29, 1.82) is 0 Å². The molecule has 1 aliphatic heterocycles. The first-order valence-corrected chi connectivity index (χ1v) is 8.70. The number of pyridine rings is 1.